The fourth-order valence-electron chi connectivity index (χ4n) is 2.53. The van der Waals surface area contributed by atoms with E-state index in [-0.39, 0.29) is 24.0 Å². The Morgan fingerprint density at radius 1 is 1.04 bits per heavy atom. The van der Waals surface area contributed by atoms with Gasteiger partial charge in [-0.3, -0.25) is 0 Å². The van der Waals surface area contributed by atoms with E-state index in [4.69, 9.17) is 18.9 Å². The second-order valence-corrected chi connectivity index (χ2v) is 7.48. The third kappa shape index (κ3) is 3.35. The molecule has 8 heteroatoms. The predicted molar refractivity (Wildman–Crippen MR) is 90.8 cm³/mol. The first-order chi connectivity index (χ1) is 12.0. The average Bonchev–Trinajstić information content (AvgIpc) is 3.08. The van der Waals surface area contributed by atoms with E-state index >= 15 is 0 Å². The van der Waals surface area contributed by atoms with Crippen LogP contribution in [-0.4, -0.2) is 40.8 Å². The zero-order chi connectivity index (χ0) is 18.0. The Labute approximate surface area is 146 Å². The molecular weight excluding hydrogens is 346 g/mol. The van der Waals surface area contributed by atoms with Crippen molar-refractivity contribution in [3.8, 4) is 23.0 Å². The predicted octanol–water partition coefficient (Wildman–Crippen LogP) is 2.25. The van der Waals surface area contributed by atoms with Crippen molar-refractivity contribution in [3.05, 3.63) is 42.0 Å². The van der Waals surface area contributed by atoms with Crippen LogP contribution < -0.4 is 18.9 Å². The molecule has 0 spiro atoms. The van der Waals surface area contributed by atoms with Gasteiger partial charge in [0.15, 0.2) is 11.5 Å². The van der Waals surface area contributed by atoms with Gasteiger partial charge < -0.3 is 18.9 Å². The van der Waals surface area contributed by atoms with E-state index in [1.165, 1.54) is 31.6 Å². The zero-order valence-corrected chi connectivity index (χ0v) is 15.0. The average molecular weight is 365 g/mol. The summed E-state index contributed by atoms with van der Waals surface area (Å²) in [6.45, 7) is 0.354. The molecule has 1 aliphatic rings. The molecule has 2 aromatic carbocycles. The van der Waals surface area contributed by atoms with Crippen LogP contribution in [-0.2, 0) is 16.6 Å². The zero-order valence-electron chi connectivity index (χ0n) is 14.2. The summed E-state index contributed by atoms with van der Waals surface area (Å²) in [5.41, 5.74) is 0.789. The number of hydrogen-bond donors (Lipinski definition) is 0. The smallest absolute Gasteiger partial charge is 0.246 e. The number of fused-ring (bicyclic) bond motifs is 1. The van der Waals surface area contributed by atoms with Crippen LogP contribution in [0.4, 0.5) is 0 Å². The highest BCUT2D eigenvalue weighted by molar-refractivity contribution is 7.89. The van der Waals surface area contributed by atoms with Crippen LogP contribution in [0.1, 0.15) is 5.56 Å². The van der Waals surface area contributed by atoms with Crippen molar-refractivity contribution in [2.75, 3.05) is 28.1 Å². The Hall–Kier alpha value is -2.45. The molecule has 0 aliphatic carbocycles. The van der Waals surface area contributed by atoms with Gasteiger partial charge in [-0.1, -0.05) is 6.07 Å². The van der Waals surface area contributed by atoms with Crippen LogP contribution in [0.3, 0.4) is 0 Å². The van der Waals surface area contributed by atoms with Crippen LogP contribution >= 0.6 is 0 Å². The van der Waals surface area contributed by atoms with Crippen molar-refractivity contribution in [3.63, 3.8) is 0 Å². The fourth-order valence-corrected chi connectivity index (χ4v) is 3.86. The van der Waals surface area contributed by atoms with Crippen LogP contribution in [0.2, 0.25) is 0 Å². The second kappa shape index (κ2) is 6.81. The van der Waals surface area contributed by atoms with Crippen molar-refractivity contribution in [1.82, 2.24) is 4.31 Å². The Balaban J connectivity index is 1.89. The highest BCUT2D eigenvalue weighted by Gasteiger charge is 2.26. The molecule has 2 aromatic rings. The number of benzene rings is 2. The number of methoxy groups -OCH3 is 2. The molecule has 0 atom stereocenters. The van der Waals surface area contributed by atoms with Crippen molar-refractivity contribution >= 4 is 10.0 Å². The van der Waals surface area contributed by atoms with E-state index in [0.717, 1.165) is 5.56 Å². The van der Waals surface area contributed by atoms with Gasteiger partial charge in [0.2, 0.25) is 16.8 Å². The van der Waals surface area contributed by atoms with Gasteiger partial charge in [-0.15, -0.1) is 0 Å². The van der Waals surface area contributed by atoms with Crippen LogP contribution in [0.15, 0.2) is 41.3 Å². The quantitative estimate of drug-likeness (QED) is 0.782. The molecule has 0 radical (unpaired) electrons. The molecule has 0 saturated carbocycles. The van der Waals surface area contributed by atoms with Crippen molar-refractivity contribution in [2.24, 2.45) is 0 Å². The number of nitrogens with zero attached hydrogens (tertiary/aromatic N) is 1. The Morgan fingerprint density at radius 2 is 1.80 bits per heavy atom. The van der Waals surface area contributed by atoms with Gasteiger partial charge in [-0.2, -0.15) is 4.31 Å². The summed E-state index contributed by atoms with van der Waals surface area (Å²) in [6, 6.07) is 10.0. The fraction of sp³-hybridized carbons (Fsp3) is 0.294. The minimum Gasteiger partial charge on any atom is -0.497 e. The molecule has 134 valence electrons. The van der Waals surface area contributed by atoms with E-state index in [1.807, 2.05) is 6.07 Å². The van der Waals surface area contributed by atoms with Crippen LogP contribution in [0.5, 0.6) is 23.0 Å². The van der Waals surface area contributed by atoms with Gasteiger partial charge in [0.25, 0.3) is 0 Å². The van der Waals surface area contributed by atoms with Gasteiger partial charge >= 0.3 is 0 Å². The molecule has 0 bridgehead atoms. The largest absolute Gasteiger partial charge is 0.497 e. The lowest BCUT2D eigenvalue weighted by molar-refractivity contribution is 0.174. The molecule has 0 saturated heterocycles. The molecular formula is C17H19NO6S. The second-order valence-electron chi connectivity index (χ2n) is 5.47. The first-order valence-corrected chi connectivity index (χ1v) is 8.96. The van der Waals surface area contributed by atoms with E-state index < -0.39 is 10.0 Å². The number of hydrogen-bond acceptors (Lipinski definition) is 6. The van der Waals surface area contributed by atoms with Crippen molar-refractivity contribution in [2.45, 2.75) is 11.4 Å². The molecule has 1 aliphatic heterocycles. The Morgan fingerprint density at radius 3 is 2.52 bits per heavy atom. The highest BCUT2D eigenvalue weighted by atomic mass is 32.2. The van der Waals surface area contributed by atoms with Crippen LogP contribution in [0, 0.1) is 0 Å². The summed E-state index contributed by atoms with van der Waals surface area (Å²) in [5.74, 6) is 1.97. The molecule has 0 fully saturated rings. The topological polar surface area (TPSA) is 74.3 Å². The first kappa shape index (κ1) is 17.4. The molecule has 0 unspecified atom stereocenters. The number of rotatable bonds is 6. The summed E-state index contributed by atoms with van der Waals surface area (Å²) in [7, 11) is 0.652. The van der Waals surface area contributed by atoms with Crippen molar-refractivity contribution < 1.29 is 27.4 Å². The Kier molecular flexibility index (Phi) is 4.73. The Bertz CT molecular complexity index is 881. The highest BCUT2D eigenvalue weighted by Crippen LogP contribution is 2.34. The maximum Gasteiger partial charge on any atom is 0.246 e. The monoisotopic (exact) mass is 365 g/mol. The summed E-state index contributed by atoms with van der Waals surface area (Å²) >= 11 is 0. The summed E-state index contributed by atoms with van der Waals surface area (Å²) in [6.07, 6.45) is 0. The third-order valence-corrected chi connectivity index (χ3v) is 5.73. The van der Waals surface area contributed by atoms with Gasteiger partial charge in [-0.05, 0) is 29.8 Å². The van der Waals surface area contributed by atoms with Gasteiger partial charge in [0.05, 0.1) is 14.2 Å². The standard InChI is InChI=1S/C17H19NO6S/c1-18(10-12-4-6-14-16(8-12)24-11-23-14)25(19,20)17-9-13(21-2)5-7-15(17)22-3/h4-9H,10-11H2,1-3H3. The molecule has 25 heavy (non-hydrogen) atoms. The molecule has 0 aromatic heterocycles. The lowest BCUT2D eigenvalue weighted by Gasteiger charge is -2.19. The first-order valence-electron chi connectivity index (χ1n) is 7.52. The van der Waals surface area contributed by atoms with Gasteiger partial charge in [0.1, 0.15) is 16.4 Å². The van der Waals surface area contributed by atoms with E-state index in [0.29, 0.717) is 17.2 Å². The van der Waals surface area contributed by atoms with Gasteiger partial charge in [0, 0.05) is 19.7 Å². The minimum absolute atomic E-state index is 0.0533. The summed E-state index contributed by atoms with van der Waals surface area (Å²) in [4.78, 5) is 0.0533. The van der Waals surface area contributed by atoms with Crippen LogP contribution in [0.25, 0.3) is 0 Å². The minimum atomic E-state index is -3.77. The van der Waals surface area contributed by atoms with Crippen molar-refractivity contribution in [1.29, 1.82) is 0 Å². The number of ether oxygens (including phenoxy) is 4. The summed E-state index contributed by atoms with van der Waals surface area (Å²) in [5, 5.41) is 0. The molecule has 7 nitrogen and oxygen atoms in total. The maximum absolute atomic E-state index is 13.0. The SMILES string of the molecule is COc1ccc(OC)c(S(=O)(=O)N(C)Cc2ccc3c(c2)OCO3)c1. The lowest BCUT2D eigenvalue weighted by atomic mass is 10.2. The van der Waals surface area contributed by atoms with Gasteiger partial charge in [-0.25, -0.2) is 8.42 Å². The molecule has 0 amide bonds. The number of sulfonamides is 1. The normalized spacial score (nSPS) is 13.1. The summed E-state index contributed by atoms with van der Waals surface area (Å²) < 4.78 is 48.1. The van der Waals surface area contributed by atoms with E-state index in [1.54, 1.807) is 24.3 Å². The van der Waals surface area contributed by atoms with E-state index in [9.17, 15) is 8.42 Å². The third-order valence-electron chi connectivity index (χ3n) is 3.90. The maximum atomic E-state index is 13.0. The van der Waals surface area contributed by atoms with E-state index in [2.05, 4.69) is 0 Å². The lowest BCUT2D eigenvalue weighted by Crippen LogP contribution is -2.27. The molecule has 0 N–H and O–H groups in total. The molecule has 1 heterocycles. The molecule has 3 rings (SSSR count).